The Morgan fingerprint density at radius 3 is 2.68 bits per heavy atom. The molecule has 0 spiro atoms. The van der Waals surface area contributed by atoms with Gasteiger partial charge in [-0.05, 0) is 37.1 Å². The topological polar surface area (TPSA) is 50.8 Å². The Hall–Kier alpha value is -1.75. The molecule has 1 aliphatic rings. The first-order valence-electron chi connectivity index (χ1n) is 7.89. The van der Waals surface area contributed by atoms with Gasteiger partial charge in [0.05, 0.1) is 6.54 Å². The van der Waals surface area contributed by atoms with Crippen molar-refractivity contribution in [2.45, 2.75) is 40.3 Å². The lowest BCUT2D eigenvalue weighted by atomic mass is 10.1. The third kappa shape index (κ3) is 4.37. The molecule has 1 heterocycles. The number of hydrogen-bond acceptors (Lipinski definition) is 4. The molecule has 0 bridgehead atoms. The Kier molecular flexibility index (Phi) is 5.66. The molecular weight excluding hydrogens is 280 g/mol. The van der Waals surface area contributed by atoms with Gasteiger partial charge in [-0.3, -0.25) is 9.69 Å². The Bertz CT molecular complexity index is 517. The largest absolute Gasteiger partial charge is 0.454 e. The molecule has 2 rings (SSSR count). The number of carbonyl (C=O) groups excluding carboxylic acids is 1. The van der Waals surface area contributed by atoms with Crippen LogP contribution in [0.4, 0.5) is 0 Å². The third-order valence-electron chi connectivity index (χ3n) is 4.05. The molecule has 0 aromatic heterocycles. The molecule has 0 saturated heterocycles. The summed E-state index contributed by atoms with van der Waals surface area (Å²) in [6.07, 6.45) is 0. The summed E-state index contributed by atoms with van der Waals surface area (Å²) in [5.74, 6) is 2.08. The fourth-order valence-electron chi connectivity index (χ4n) is 2.25. The van der Waals surface area contributed by atoms with Crippen molar-refractivity contribution in [2.75, 3.05) is 19.9 Å². The van der Waals surface area contributed by atoms with E-state index in [4.69, 9.17) is 9.47 Å². The highest BCUT2D eigenvalue weighted by atomic mass is 16.7. The second kappa shape index (κ2) is 7.49. The molecule has 22 heavy (non-hydrogen) atoms. The fraction of sp³-hybridized carbons (Fsp3) is 0.588. The van der Waals surface area contributed by atoms with Crippen LogP contribution in [-0.2, 0) is 11.3 Å². The lowest BCUT2D eigenvalue weighted by Gasteiger charge is -2.23. The van der Waals surface area contributed by atoms with Crippen LogP contribution in [0.15, 0.2) is 18.2 Å². The summed E-state index contributed by atoms with van der Waals surface area (Å²) >= 11 is 0. The van der Waals surface area contributed by atoms with E-state index in [-0.39, 0.29) is 18.7 Å². The average molecular weight is 306 g/mol. The van der Waals surface area contributed by atoms with E-state index < -0.39 is 0 Å². The minimum atomic E-state index is 0.0730. The minimum absolute atomic E-state index is 0.0730. The number of likely N-dealkylation sites (N-methyl/N-ethyl adjacent to an activating group) is 1. The molecule has 1 aromatic carbocycles. The first kappa shape index (κ1) is 16.6. The number of rotatable bonds is 7. The zero-order valence-corrected chi connectivity index (χ0v) is 13.9. The van der Waals surface area contributed by atoms with Gasteiger partial charge in [0.2, 0.25) is 12.7 Å². The smallest absolute Gasteiger partial charge is 0.234 e. The molecular formula is C17H26N2O3. The van der Waals surface area contributed by atoms with Gasteiger partial charge in [0.15, 0.2) is 11.5 Å². The van der Waals surface area contributed by atoms with E-state index in [0.717, 1.165) is 30.2 Å². The number of fused-ring (bicyclic) bond motifs is 1. The maximum absolute atomic E-state index is 12.1. The van der Waals surface area contributed by atoms with Crippen LogP contribution in [0.2, 0.25) is 0 Å². The van der Waals surface area contributed by atoms with Gasteiger partial charge in [0.25, 0.3) is 0 Å². The summed E-state index contributed by atoms with van der Waals surface area (Å²) in [5.41, 5.74) is 1.12. The van der Waals surface area contributed by atoms with Crippen LogP contribution in [-0.4, -0.2) is 36.7 Å². The van der Waals surface area contributed by atoms with Gasteiger partial charge >= 0.3 is 0 Å². The van der Waals surface area contributed by atoms with Gasteiger partial charge in [-0.2, -0.15) is 0 Å². The highest BCUT2D eigenvalue weighted by molar-refractivity contribution is 5.78. The summed E-state index contributed by atoms with van der Waals surface area (Å²) in [6.45, 7) is 10.5. The number of benzene rings is 1. The molecule has 0 fully saturated rings. The second-order valence-electron chi connectivity index (χ2n) is 6.09. The van der Waals surface area contributed by atoms with Crippen LogP contribution in [0.5, 0.6) is 11.5 Å². The maximum atomic E-state index is 12.1. The van der Waals surface area contributed by atoms with E-state index in [9.17, 15) is 4.79 Å². The van der Waals surface area contributed by atoms with E-state index in [1.165, 1.54) is 0 Å². The van der Waals surface area contributed by atoms with Crippen molar-refractivity contribution in [3.63, 3.8) is 0 Å². The van der Waals surface area contributed by atoms with Gasteiger partial charge in [0.1, 0.15) is 0 Å². The first-order chi connectivity index (χ1) is 10.5. The predicted octanol–water partition coefficient (Wildman–Crippen LogP) is 2.40. The number of nitrogens with zero attached hydrogens (tertiary/aromatic N) is 1. The van der Waals surface area contributed by atoms with Gasteiger partial charge in [-0.15, -0.1) is 0 Å². The lowest BCUT2D eigenvalue weighted by molar-refractivity contribution is -0.123. The number of ether oxygens (including phenoxy) is 2. The molecule has 5 heteroatoms. The minimum Gasteiger partial charge on any atom is -0.454 e. The number of amides is 1. The summed E-state index contributed by atoms with van der Waals surface area (Å²) in [4.78, 5) is 14.2. The van der Waals surface area contributed by atoms with Crippen molar-refractivity contribution in [2.24, 2.45) is 5.92 Å². The maximum Gasteiger partial charge on any atom is 0.234 e. The Morgan fingerprint density at radius 2 is 2.00 bits per heavy atom. The Balaban J connectivity index is 1.90. The van der Waals surface area contributed by atoms with E-state index in [1.54, 1.807) is 0 Å². The van der Waals surface area contributed by atoms with E-state index >= 15 is 0 Å². The second-order valence-corrected chi connectivity index (χ2v) is 6.09. The predicted molar refractivity (Wildman–Crippen MR) is 86.0 cm³/mol. The third-order valence-corrected chi connectivity index (χ3v) is 4.05. The summed E-state index contributed by atoms with van der Waals surface area (Å²) < 4.78 is 10.7. The van der Waals surface area contributed by atoms with Crippen molar-refractivity contribution in [3.8, 4) is 11.5 Å². The highest BCUT2D eigenvalue weighted by Crippen LogP contribution is 2.32. The summed E-state index contributed by atoms with van der Waals surface area (Å²) in [6, 6.07) is 6.12. The average Bonchev–Trinajstić information content (AvgIpc) is 2.93. The van der Waals surface area contributed by atoms with Crippen molar-refractivity contribution in [1.29, 1.82) is 0 Å². The SMILES string of the molecule is CCN(CC(=O)NC(C)C(C)C)Cc1ccc2c(c1)OCO2. The number of hydrogen-bond donors (Lipinski definition) is 1. The Labute approximate surface area is 132 Å². The van der Waals surface area contributed by atoms with E-state index in [1.807, 2.05) is 25.1 Å². The summed E-state index contributed by atoms with van der Waals surface area (Å²) in [5, 5.41) is 3.05. The van der Waals surface area contributed by atoms with Crippen LogP contribution >= 0.6 is 0 Å². The highest BCUT2D eigenvalue weighted by Gasteiger charge is 2.16. The summed E-state index contributed by atoms with van der Waals surface area (Å²) in [7, 11) is 0. The van der Waals surface area contributed by atoms with Crippen molar-refractivity contribution in [3.05, 3.63) is 23.8 Å². The molecule has 1 unspecified atom stereocenters. The zero-order valence-electron chi connectivity index (χ0n) is 13.9. The van der Waals surface area contributed by atoms with Crippen LogP contribution in [0, 0.1) is 5.92 Å². The van der Waals surface area contributed by atoms with Crippen LogP contribution in [0.25, 0.3) is 0 Å². The molecule has 0 radical (unpaired) electrons. The molecule has 1 amide bonds. The van der Waals surface area contributed by atoms with Crippen LogP contribution in [0.3, 0.4) is 0 Å². The molecule has 122 valence electrons. The monoisotopic (exact) mass is 306 g/mol. The fourth-order valence-corrected chi connectivity index (χ4v) is 2.25. The van der Waals surface area contributed by atoms with Crippen LogP contribution in [0.1, 0.15) is 33.3 Å². The van der Waals surface area contributed by atoms with Gasteiger partial charge in [0, 0.05) is 12.6 Å². The van der Waals surface area contributed by atoms with Crippen molar-refractivity contribution >= 4 is 5.91 Å². The molecule has 1 N–H and O–H groups in total. The molecule has 1 aromatic rings. The molecule has 0 aliphatic carbocycles. The van der Waals surface area contributed by atoms with E-state index in [2.05, 4.69) is 31.0 Å². The van der Waals surface area contributed by atoms with Gasteiger partial charge < -0.3 is 14.8 Å². The van der Waals surface area contributed by atoms with Gasteiger partial charge in [-0.1, -0.05) is 26.8 Å². The van der Waals surface area contributed by atoms with Crippen molar-refractivity contribution < 1.29 is 14.3 Å². The molecule has 1 atom stereocenters. The van der Waals surface area contributed by atoms with Crippen molar-refractivity contribution in [1.82, 2.24) is 10.2 Å². The Morgan fingerprint density at radius 1 is 1.27 bits per heavy atom. The first-order valence-corrected chi connectivity index (χ1v) is 7.89. The molecule has 0 saturated carbocycles. The quantitative estimate of drug-likeness (QED) is 0.840. The molecule has 5 nitrogen and oxygen atoms in total. The van der Waals surface area contributed by atoms with Gasteiger partial charge in [-0.25, -0.2) is 0 Å². The molecule has 1 aliphatic heterocycles. The zero-order chi connectivity index (χ0) is 16.1. The van der Waals surface area contributed by atoms with E-state index in [0.29, 0.717) is 12.5 Å². The standard InChI is InChI=1S/C17H26N2O3/c1-5-19(10-17(20)18-13(4)12(2)3)9-14-6-7-15-16(8-14)22-11-21-15/h6-8,12-13H,5,9-11H2,1-4H3,(H,18,20). The number of nitrogens with one attached hydrogen (secondary N) is 1. The van der Waals surface area contributed by atoms with Crippen LogP contribution < -0.4 is 14.8 Å². The lowest BCUT2D eigenvalue weighted by Crippen LogP contribution is -2.42. The normalized spacial score (nSPS) is 14.5. The number of carbonyl (C=O) groups is 1.